The minimum atomic E-state index is -0.973. The molecule has 2 N–H and O–H groups in total. The fourth-order valence-corrected chi connectivity index (χ4v) is 2.87. The molecule has 0 bridgehead atoms. The van der Waals surface area contributed by atoms with Crippen LogP contribution in [0.25, 0.3) is 0 Å². The summed E-state index contributed by atoms with van der Waals surface area (Å²) in [5.41, 5.74) is -0.973. The molecule has 0 heterocycles. The second-order valence-electron chi connectivity index (χ2n) is 5.17. The summed E-state index contributed by atoms with van der Waals surface area (Å²) >= 11 is 0. The maximum Gasteiger partial charge on any atom is 0.309 e. The molecule has 1 rings (SSSR count). The quantitative estimate of drug-likeness (QED) is 0.760. The summed E-state index contributed by atoms with van der Waals surface area (Å²) in [6.45, 7) is 4.04. The summed E-state index contributed by atoms with van der Waals surface area (Å²) in [5.74, 6) is -1.30. The molecule has 1 saturated carbocycles. The van der Waals surface area contributed by atoms with Crippen LogP contribution in [0.4, 0.5) is 0 Å². The SMILES string of the molecule is CCCCC(C(=O)O)C1(O)CCCCC1C. The van der Waals surface area contributed by atoms with Crippen LogP contribution in [-0.2, 0) is 4.79 Å². The summed E-state index contributed by atoms with van der Waals surface area (Å²) in [7, 11) is 0. The zero-order valence-corrected chi connectivity index (χ0v) is 10.4. The number of aliphatic carboxylic acids is 1. The Morgan fingerprint density at radius 2 is 2.19 bits per heavy atom. The largest absolute Gasteiger partial charge is 0.481 e. The monoisotopic (exact) mass is 228 g/mol. The van der Waals surface area contributed by atoms with E-state index in [-0.39, 0.29) is 5.92 Å². The molecule has 3 nitrogen and oxygen atoms in total. The lowest BCUT2D eigenvalue weighted by Crippen LogP contribution is -2.49. The van der Waals surface area contributed by atoms with Crippen LogP contribution in [0.5, 0.6) is 0 Å². The van der Waals surface area contributed by atoms with Gasteiger partial charge in [0.15, 0.2) is 0 Å². The van der Waals surface area contributed by atoms with Crippen molar-refractivity contribution in [3.8, 4) is 0 Å². The number of rotatable bonds is 5. The predicted molar refractivity (Wildman–Crippen MR) is 63.2 cm³/mol. The molecule has 0 aromatic carbocycles. The highest BCUT2D eigenvalue weighted by Gasteiger charge is 2.46. The van der Waals surface area contributed by atoms with Gasteiger partial charge in [-0.1, -0.05) is 39.5 Å². The molecule has 3 heteroatoms. The smallest absolute Gasteiger partial charge is 0.309 e. The van der Waals surface area contributed by atoms with E-state index in [1.165, 1.54) is 0 Å². The van der Waals surface area contributed by atoms with E-state index in [9.17, 15) is 15.0 Å². The number of unbranched alkanes of at least 4 members (excludes halogenated alkanes) is 1. The Kier molecular flexibility index (Phi) is 4.78. The number of carboxylic acid groups (broad SMARTS) is 1. The maximum absolute atomic E-state index is 11.3. The topological polar surface area (TPSA) is 57.5 Å². The van der Waals surface area contributed by atoms with Crippen LogP contribution in [0, 0.1) is 11.8 Å². The first kappa shape index (κ1) is 13.5. The van der Waals surface area contributed by atoms with E-state index in [2.05, 4.69) is 0 Å². The fraction of sp³-hybridized carbons (Fsp3) is 0.923. The number of carbonyl (C=O) groups is 1. The Balaban J connectivity index is 2.77. The van der Waals surface area contributed by atoms with Crippen molar-refractivity contribution >= 4 is 5.97 Å². The van der Waals surface area contributed by atoms with Crippen molar-refractivity contribution in [3.05, 3.63) is 0 Å². The number of aliphatic hydroxyl groups is 1. The third-order valence-corrected chi connectivity index (χ3v) is 4.07. The van der Waals surface area contributed by atoms with Crippen molar-refractivity contribution in [2.24, 2.45) is 11.8 Å². The second kappa shape index (κ2) is 5.67. The molecule has 3 unspecified atom stereocenters. The lowest BCUT2D eigenvalue weighted by Gasteiger charge is -2.42. The Hall–Kier alpha value is -0.570. The predicted octanol–water partition coefficient (Wildman–Crippen LogP) is 2.82. The summed E-state index contributed by atoms with van der Waals surface area (Å²) in [4.78, 5) is 11.3. The summed E-state index contributed by atoms with van der Waals surface area (Å²) < 4.78 is 0. The van der Waals surface area contributed by atoms with Gasteiger partial charge in [0.1, 0.15) is 0 Å². The van der Waals surface area contributed by atoms with Gasteiger partial charge in [-0.25, -0.2) is 0 Å². The van der Waals surface area contributed by atoms with Gasteiger partial charge in [-0.05, 0) is 25.2 Å². The number of carboxylic acids is 1. The van der Waals surface area contributed by atoms with Crippen LogP contribution in [0.1, 0.15) is 58.8 Å². The van der Waals surface area contributed by atoms with Gasteiger partial charge < -0.3 is 10.2 Å². The average Bonchev–Trinajstić information content (AvgIpc) is 2.23. The molecule has 0 amide bonds. The molecule has 94 valence electrons. The van der Waals surface area contributed by atoms with E-state index < -0.39 is 17.5 Å². The second-order valence-corrected chi connectivity index (χ2v) is 5.17. The standard InChI is InChI=1S/C13H24O3/c1-3-4-8-11(12(14)15)13(16)9-6-5-7-10(13)2/h10-11,16H,3-9H2,1-2H3,(H,14,15). The van der Waals surface area contributed by atoms with E-state index >= 15 is 0 Å². The van der Waals surface area contributed by atoms with Crippen LogP contribution in [0.2, 0.25) is 0 Å². The first-order valence-electron chi connectivity index (χ1n) is 6.47. The zero-order chi connectivity index (χ0) is 12.2. The van der Waals surface area contributed by atoms with Crippen LogP contribution >= 0.6 is 0 Å². The Morgan fingerprint density at radius 3 is 2.69 bits per heavy atom. The fourth-order valence-electron chi connectivity index (χ4n) is 2.87. The van der Waals surface area contributed by atoms with Crippen molar-refractivity contribution in [3.63, 3.8) is 0 Å². The van der Waals surface area contributed by atoms with Gasteiger partial charge in [0.25, 0.3) is 0 Å². The summed E-state index contributed by atoms with van der Waals surface area (Å²) in [6.07, 6.45) is 6.13. The average molecular weight is 228 g/mol. The lowest BCUT2D eigenvalue weighted by molar-refractivity contribution is -0.161. The van der Waals surface area contributed by atoms with Gasteiger partial charge in [-0.2, -0.15) is 0 Å². The minimum absolute atomic E-state index is 0.110. The van der Waals surface area contributed by atoms with Crippen molar-refractivity contribution in [1.82, 2.24) is 0 Å². The first-order chi connectivity index (χ1) is 7.52. The molecule has 16 heavy (non-hydrogen) atoms. The first-order valence-corrected chi connectivity index (χ1v) is 6.47. The molecule has 1 fully saturated rings. The summed E-state index contributed by atoms with van der Waals surface area (Å²) in [5, 5.41) is 19.9. The molecule has 1 aliphatic carbocycles. The molecule has 0 radical (unpaired) electrons. The molecule has 0 aromatic rings. The highest BCUT2D eigenvalue weighted by atomic mass is 16.4. The van der Waals surface area contributed by atoms with Gasteiger partial charge in [0.05, 0.1) is 11.5 Å². The van der Waals surface area contributed by atoms with Gasteiger partial charge in [0, 0.05) is 0 Å². The van der Waals surface area contributed by atoms with Crippen LogP contribution < -0.4 is 0 Å². The van der Waals surface area contributed by atoms with Crippen molar-refractivity contribution < 1.29 is 15.0 Å². The van der Waals surface area contributed by atoms with Crippen molar-refractivity contribution in [2.75, 3.05) is 0 Å². The van der Waals surface area contributed by atoms with Crippen LogP contribution in [0.15, 0.2) is 0 Å². The third kappa shape index (κ3) is 2.76. The number of hydrogen-bond acceptors (Lipinski definition) is 2. The van der Waals surface area contributed by atoms with Gasteiger partial charge in [-0.15, -0.1) is 0 Å². The molecule has 0 aromatic heterocycles. The molecule has 3 atom stereocenters. The van der Waals surface area contributed by atoms with E-state index in [0.29, 0.717) is 12.8 Å². The molecule has 0 spiro atoms. The van der Waals surface area contributed by atoms with Gasteiger partial charge >= 0.3 is 5.97 Å². The van der Waals surface area contributed by atoms with E-state index in [0.717, 1.165) is 32.1 Å². The maximum atomic E-state index is 11.3. The Labute approximate surface area is 97.9 Å². The number of hydrogen-bond donors (Lipinski definition) is 2. The molecule has 1 aliphatic rings. The Morgan fingerprint density at radius 1 is 1.50 bits per heavy atom. The van der Waals surface area contributed by atoms with Crippen LogP contribution in [0.3, 0.4) is 0 Å². The van der Waals surface area contributed by atoms with Crippen LogP contribution in [-0.4, -0.2) is 21.8 Å². The normalized spacial score (nSPS) is 32.3. The van der Waals surface area contributed by atoms with Gasteiger partial charge in [0.2, 0.25) is 0 Å². The molecule has 0 aliphatic heterocycles. The molecular formula is C13H24O3. The highest BCUT2D eigenvalue weighted by molar-refractivity contribution is 5.71. The van der Waals surface area contributed by atoms with E-state index in [4.69, 9.17) is 0 Å². The highest BCUT2D eigenvalue weighted by Crippen LogP contribution is 2.41. The van der Waals surface area contributed by atoms with Crippen molar-refractivity contribution in [1.29, 1.82) is 0 Å². The van der Waals surface area contributed by atoms with Gasteiger partial charge in [-0.3, -0.25) is 4.79 Å². The Bertz CT molecular complexity index is 239. The van der Waals surface area contributed by atoms with E-state index in [1.54, 1.807) is 0 Å². The summed E-state index contributed by atoms with van der Waals surface area (Å²) in [6, 6.07) is 0. The third-order valence-electron chi connectivity index (χ3n) is 4.07. The minimum Gasteiger partial charge on any atom is -0.481 e. The van der Waals surface area contributed by atoms with Crippen molar-refractivity contribution in [2.45, 2.75) is 64.4 Å². The molecule has 0 saturated heterocycles. The lowest BCUT2D eigenvalue weighted by atomic mass is 9.68. The zero-order valence-electron chi connectivity index (χ0n) is 10.4. The van der Waals surface area contributed by atoms with E-state index in [1.807, 2.05) is 13.8 Å². The molecular weight excluding hydrogens is 204 g/mol.